The van der Waals surface area contributed by atoms with Crippen LogP contribution in [0, 0.1) is 0 Å². The van der Waals surface area contributed by atoms with Crippen molar-refractivity contribution in [3.8, 4) is 0 Å². The second kappa shape index (κ2) is 11.0. The van der Waals surface area contributed by atoms with E-state index in [0.29, 0.717) is 5.56 Å². The monoisotopic (exact) mass is 472 g/mol. The van der Waals surface area contributed by atoms with Gasteiger partial charge in [0.15, 0.2) is 5.76 Å². The number of Topliss-reactive ketones (excluding diaryl/α,β-unsaturated/α-hetero) is 1. The van der Waals surface area contributed by atoms with Crippen molar-refractivity contribution in [3.63, 3.8) is 0 Å². The molecule has 1 aliphatic heterocycles. The van der Waals surface area contributed by atoms with Crippen molar-refractivity contribution in [1.82, 2.24) is 0 Å². The van der Waals surface area contributed by atoms with Gasteiger partial charge in [0.05, 0.1) is 16.7 Å². The summed E-state index contributed by atoms with van der Waals surface area (Å²) in [6, 6.07) is 24.4. The van der Waals surface area contributed by atoms with E-state index in [-0.39, 0.29) is 23.5 Å². The summed E-state index contributed by atoms with van der Waals surface area (Å²) in [4.78, 5) is 50.2. The van der Waals surface area contributed by atoms with E-state index in [9.17, 15) is 19.2 Å². The molecule has 0 fully saturated rings. The maximum absolute atomic E-state index is 12.9. The van der Waals surface area contributed by atoms with Gasteiger partial charge in [-0.3, -0.25) is 4.79 Å². The minimum Gasteiger partial charge on any atom is -0.459 e. The molecule has 3 aromatic carbocycles. The number of hydrogen-bond acceptors (Lipinski definition) is 8. The van der Waals surface area contributed by atoms with Crippen molar-refractivity contribution in [3.05, 3.63) is 120 Å². The molecule has 2 atom stereocenters. The van der Waals surface area contributed by atoms with Crippen LogP contribution in [0.1, 0.15) is 31.1 Å². The molecule has 0 aliphatic carbocycles. The standard InChI is InChI=1S/C27H20O8/c28-23-22(34-25(30)19-12-6-2-7-13-19)16-21(17-32-24(29)18-10-4-1-5-11-18)33-27(23)35-26(31)20-14-8-3-9-15-20/h1-16,21,27H,17H2/t21-,27-/m0/s1. The van der Waals surface area contributed by atoms with Crippen LogP contribution in [-0.2, 0) is 23.7 Å². The third kappa shape index (κ3) is 6.07. The number of ketones is 1. The molecular formula is C27H20O8. The summed E-state index contributed by atoms with van der Waals surface area (Å²) in [7, 11) is 0. The van der Waals surface area contributed by atoms with Crippen LogP contribution in [-0.4, -0.2) is 42.7 Å². The fourth-order valence-electron chi connectivity index (χ4n) is 3.17. The van der Waals surface area contributed by atoms with Gasteiger partial charge >= 0.3 is 17.9 Å². The molecule has 0 radical (unpaired) electrons. The van der Waals surface area contributed by atoms with Crippen molar-refractivity contribution in [2.75, 3.05) is 6.61 Å². The Morgan fingerprint density at radius 3 is 1.71 bits per heavy atom. The molecule has 8 heteroatoms. The zero-order chi connectivity index (χ0) is 24.6. The molecule has 0 saturated carbocycles. The molecule has 1 heterocycles. The minimum absolute atomic E-state index is 0.202. The van der Waals surface area contributed by atoms with E-state index in [0.717, 1.165) is 0 Å². The van der Waals surface area contributed by atoms with Gasteiger partial charge in [-0.15, -0.1) is 0 Å². The Kier molecular flexibility index (Phi) is 7.44. The van der Waals surface area contributed by atoms with E-state index in [1.54, 1.807) is 66.7 Å². The van der Waals surface area contributed by atoms with Crippen LogP contribution in [0.4, 0.5) is 0 Å². The maximum atomic E-state index is 12.9. The highest BCUT2D eigenvalue weighted by atomic mass is 16.7. The fourth-order valence-corrected chi connectivity index (χ4v) is 3.17. The lowest BCUT2D eigenvalue weighted by Gasteiger charge is -2.27. The van der Waals surface area contributed by atoms with Crippen molar-refractivity contribution < 1.29 is 38.1 Å². The Hall–Kier alpha value is -4.56. The van der Waals surface area contributed by atoms with Gasteiger partial charge in [0.25, 0.3) is 12.1 Å². The second-order valence-electron chi connectivity index (χ2n) is 7.39. The normalized spacial score (nSPS) is 17.1. The van der Waals surface area contributed by atoms with E-state index in [1.165, 1.54) is 30.3 Å². The topological polar surface area (TPSA) is 105 Å². The quantitative estimate of drug-likeness (QED) is 0.378. The van der Waals surface area contributed by atoms with Crippen LogP contribution < -0.4 is 0 Å². The summed E-state index contributed by atoms with van der Waals surface area (Å²) in [5.74, 6) is -3.43. The number of ether oxygens (including phenoxy) is 4. The molecule has 3 aromatic rings. The Bertz CT molecular complexity index is 1240. The van der Waals surface area contributed by atoms with Crippen molar-refractivity contribution in [2.45, 2.75) is 12.4 Å². The lowest BCUT2D eigenvalue weighted by molar-refractivity contribution is -0.171. The predicted octanol–water partition coefficient (Wildman–Crippen LogP) is 3.74. The molecule has 4 rings (SSSR count). The summed E-state index contributed by atoms with van der Waals surface area (Å²) in [6.07, 6.45) is -1.51. The number of carbonyl (C=O) groups is 4. The van der Waals surface area contributed by atoms with Crippen molar-refractivity contribution in [2.24, 2.45) is 0 Å². The molecule has 1 aliphatic rings. The SMILES string of the molecule is O=C(OC[C@@H]1C=C(OC(=O)c2ccccc2)C(=O)[C@H](OC(=O)c2ccccc2)O1)c1ccccc1. The number of rotatable bonds is 7. The summed E-state index contributed by atoms with van der Waals surface area (Å²) in [6.45, 7) is -0.313. The van der Waals surface area contributed by atoms with Crippen LogP contribution in [0.2, 0.25) is 0 Å². The highest BCUT2D eigenvalue weighted by Gasteiger charge is 2.37. The number of esters is 3. The minimum atomic E-state index is -1.70. The fraction of sp³-hybridized carbons (Fsp3) is 0.111. The van der Waals surface area contributed by atoms with E-state index < -0.39 is 36.1 Å². The third-order valence-electron chi connectivity index (χ3n) is 4.92. The first-order valence-corrected chi connectivity index (χ1v) is 10.7. The average molecular weight is 472 g/mol. The first kappa shape index (κ1) is 23.6. The van der Waals surface area contributed by atoms with Crippen LogP contribution in [0.5, 0.6) is 0 Å². The van der Waals surface area contributed by atoms with Gasteiger partial charge < -0.3 is 18.9 Å². The van der Waals surface area contributed by atoms with Crippen LogP contribution in [0.15, 0.2) is 103 Å². The molecule has 0 bridgehead atoms. The van der Waals surface area contributed by atoms with Gasteiger partial charge in [0.1, 0.15) is 12.7 Å². The molecule has 0 spiro atoms. The van der Waals surface area contributed by atoms with E-state index in [4.69, 9.17) is 18.9 Å². The van der Waals surface area contributed by atoms with Gasteiger partial charge in [-0.25, -0.2) is 14.4 Å². The zero-order valence-corrected chi connectivity index (χ0v) is 18.4. The van der Waals surface area contributed by atoms with E-state index >= 15 is 0 Å². The summed E-state index contributed by atoms with van der Waals surface area (Å²) >= 11 is 0. The van der Waals surface area contributed by atoms with Gasteiger partial charge in [-0.1, -0.05) is 54.6 Å². The number of carbonyl (C=O) groups excluding carboxylic acids is 4. The third-order valence-corrected chi connectivity index (χ3v) is 4.92. The molecule has 8 nitrogen and oxygen atoms in total. The van der Waals surface area contributed by atoms with E-state index in [2.05, 4.69) is 0 Å². The summed E-state index contributed by atoms with van der Waals surface area (Å²) in [5.41, 5.74) is 0.747. The van der Waals surface area contributed by atoms with Gasteiger partial charge in [0.2, 0.25) is 0 Å². The van der Waals surface area contributed by atoms with Gasteiger partial charge in [-0.05, 0) is 42.5 Å². The van der Waals surface area contributed by atoms with Gasteiger partial charge in [0, 0.05) is 0 Å². The lowest BCUT2D eigenvalue weighted by atomic mass is 10.1. The molecule has 0 unspecified atom stereocenters. The highest BCUT2D eigenvalue weighted by Crippen LogP contribution is 2.21. The van der Waals surface area contributed by atoms with Crippen LogP contribution in [0.25, 0.3) is 0 Å². The zero-order valence-electron chi connectivity index (χ0n) is 18.4. The summed E-state index contributed by atoms with van der Waals surface area (Å²) in [5, 5.41) is 0. The second-order valence-corrected chi connectivity index (χ2v) is 7.39. The van der Waals surface area contributed by atoms with Gasteiger partial charge in [-0.2, -0.15) is 0 Å². The predicted molar refractivity (Wildman–Crippen MR) is 122 cm³/mol. The molecule has 0 N–H and O–H groups in total. The van der Waals surface area contributed by atoms with Crippen LogP contribution in [0.3, 0.4) is 0 Å². The Labute approximate surface area is 200 Å². The lowest BCUT2D eigenvalue weighted by Crippen LogP contribution is -2.41. The van der Waals surface area contributed by atoms with Crippen LogP contribution >= 0.6 is 0 Å². The number of hydrogen-bond donors (Lipinski definition) is 0. The Morgan fingerprint density at radius 2 is 1.17 bits per heavy atom. The average Bonchev–Trinajstić information content (AvgIpc) is 2.91. The maximum Gasteiger partial charge on any atom is 0.343 e. The smallest absolute Gasteiger partial charge is 0.343 e. The Morgan fingerprint density at radius 1 is 0.686 bits per heavy atom. The molecule has 0 amide bonds. The molecule has 35 heavy (non-hydrogen) atoms. The molecule has 0 saturated heterocycles. The highest BCUT2D eigenvalue weighted by molar-refractivity contribution is 6.02. The van der Waals surface area contributed by atoms with Crippen molar-refractivity contribution >= 4 is 23.7 Å². The van der Waals surface area contributed by atoms with E-state index in [1.807, 2.05) is 0 Å². The first-order valence-electron chi connectivity index (χ1n) is 10.7. The summed E-state index contributed by atoms with van der Waals surface area (Å²) < 4.78 is 21.4. The molecule has 0 aromatic heterocycles. The van der Waals surface area contributed by atoms with Crippen molar-refractivity contribution in [1.29, 1.82) is 0 Å². The first-order chi connectivity index (χ1) is 17.0. The largest absolute Gasteiger partial charge is 0.459 e. The molecule has 176 valence electrons. The molecular weight excluding hydrogens is 452 g/mol. The Balaban J connectivity index is 1.51. The number of benzene rings is 3.